The van der Waals surface area contributed by atoms with Gasteiger partial charge in [-0.25, -0.2) is 0 Å². The number of anilines is 9. The zero-order valence-corrected chi connectivity index (χ0v) is 77.3. The number of nitrogens with zero attached hydrogens (tertiary/aromatic N) is 12. The standard InChI is InChI=1S/C44H30N4O.C42H34N4O.C39H28N4O/c1-4-12-31(13-5-1)34-22-29-42-40(30-34)39-18-10-11-19-41(39)48(42)38-27-25-37(26-28-38)47(35-16-8-3-9-17-35)36-23-20-33(21-24-36)44-45-43(46-49-44)32-14-6-2-7-15-32;1-42(2,3)31-20-27-39-37(28-31)36-16-10-11-17-38(36)46(39)35-25-23-34(24-26-35)45(32-14-8-5-9-15-32)33-21-18-30(19-22-33)41-43-40(44-47-41)29-12-6-4-7-13-29;1-27-16-25-37-35(26-27)34-14-8-9-15-36(34)43(37)33-23-21-32(22-24-33)42(30-12-6-3-7-13-30)31-19-17-29(18-20-31)39-40-38(41-44-39)28-10-4-2-5-11-28/h1-30H;4-28H,1-3H3;2-26H,1H3. The second-order valence-corrected chi connectivity index (χ2v) is 35.7. The Labute approximate surface area is 809 Å². The van der Waals surface area contributed by atoms with Gasteiger partial charge in [-0.15, -0.1) is 0 Å². The average Bonchev–Trinajstić information content (AvgIpc) is 1.39. The Morgan fingerprint density at radius 1 is 0.200 bits per heavy atom. The van der Waals surface area contributed by atoms with Gasteiger partial charge in [0.1, 0.15) is 0 Å². The average molecular weight is 1810 g/mol. The van der Waals surface area contributed by atoms with Crippen LogP contribution in [0.25, 0.3) is 162 Å². The molecular weight excluding hydrogens is 1720 g/mol. The molecular formula is C125H92N12O3. The third kappa shape index (κ3) is 16.9. The summed E-state index contributed by atoms with van der Waals surface area (Å²) in [4.78, 5) is 20.7. The minimum atomic E-state index is 0.0780. The highest BCUT2D eigenvalue weighted by atomic mass is 16.5. The van der Waals surface area contributed by atoms with Crippen molar-refractivity contribution in [3.8, 4) is 96.7 Å². The summed E-state index contributed by atoms with van der Waals surface area (Å²) in [6.45, 7) is 8.95. The summed E-state index contributed by atoms with van der Waals surface area (Å²) in [7, 11) is 0. The van der Waals surface area contributed by atoms with Crippen LogP contribution in [0.15, 0.2) is 499 Å². The molecule has 0 amide bonds. The highest BCUT2D eigenvalue weighted by molar-refractivity contribution is 6.12. The van der Waals surface area contributed by atoms with Crippen LogP contribution in [0.5, 0.6) is 0 Å². The van der Waals surface area contributed by atoms with Crippen molar-refractivity contribution in [1.29, 1.82) is 0 Å². The molecule has 0 saturated carbocycles. The molecule has 19 aromatic carbocycles. The number of hydrogen-bond acceptors (Lipinski definition) is 12. The normalized spacial score (nSPS) is 11.4. The Morgan fingerprint density at radius 3 is 0.764 bits per heavy atom. The highest BCUT2D eigenvalue weighted by Crippen LogP contribution is 2.45. The monoisotopic (exact) mass is 1810 g/mol. The smallest absolute Gasteiger partial charge is 0.258 e. The van der Waals surface area contributed by atoms with Gasteiger partial charge in [0.05, 0.1) is 33.1 Å². The Hall–Kier alpha value is -18.6. The Morgan fingerprint density at radius 2 is 0.443 bits per heavy atom. The third-order valence-electron chi connectivity index (χ3n) is 25.8. The van der Waals surface area contributed by atoms with E-state index >= 15 is 0 Å². The lowest BCUT2D eigenvalue weighted by Crippen LogP contribution is -2.10. The SMILES string of the molecule is CC(C)(C)c1ccc2c(c1)c1ccccc1n2-c1ccc(N(c2ccccc2)c2ccc(-c3nc(-c4ccccc4)no3)cc2)cc1.Cc1ccc2c(c1)c1ccccc1n2-c1ccc(N(c2ccccc2)c2ccc(-c3nc(-c4ccccc4)no3)cc2)cc1.c1ccc(-c2ccc3c(c2)c2ccccc2n3-c2ccc(N(c3ccccc3)c3ccc(-c4nc(-c5ccccc5)no4)cc3)cc2)cc1. The molecule has 25 aromatic rings. The molecule has 0 unspecified atom stereocenters. The fraction of sp³-hybridized carbons (Fsp3) is 0.0400. The molecule has 15 nitrogen and oxygen atoms in total. The minimum Gasteiger partial charge on any atom is -0.334 e. The van der Waals surface area contributed by atoms with Gasteiger partial charge < -0.3 is 42.0 Å². The first-order chi connectivity index (χ1) is 69.0. The number of benzene rings is 19. The van der Waals surface area contributed by atoms with Crippen molar-refractivity contribution < 1.29 is 13.6 Å². The van der Waals surface area contributed by atoms with Gasteiger partial charge in [-0.05, 0) is 266 Å². The van der Waals surface area contributed by atoms with E-state index in [0.29, 0.717) is 35.1 Å². The summed E-state index contributed by atoms with van der Waals surface area (Å²) in [6, 6.07) is 169. The van der Waals surface area contributed by atoms with Gasteiger partial charge in [-0.2, -0.15) is 15.0 Å². The van der Waals surface area contributed by atoms with Crippen LogP contribution in [0.4, 0.5) is 51.2 Å². The summed E-state index contributed by atoms with van der Waals surface area (Å²) in [6.07, 6.45) is 0. The summed E-state index contributed by atoms with van der Waals surface area (Å²) < 4.78 is 24.0. The first kappa shape index (κ1) is 85.6. The lowest BCUT2D eigenvalue weighted by Gasteiger charge is -2.26. The van der Waals surface area contributed by atoms with Crippen LogP contribution in [0.2, 0.25) is 0 Å². The molecule has 15 heteroatoms. The predicted molar refractivity (Wildman–Crippen MR) is 571 cm³/mol. The number of aromatic nitrogens is 9. The van der Waals surface area contributed by atoms with E-state index in [4.69, 9.17) is 13.6 Å². The van der Waals surface area contributed by atoms with Crippen molar-refractivity contribution in [3.05, 3.63) is 496 Å². The van der Waals surface area contributed by atoms with Crippen LogP contribution >= 0.6 is 0 Å². The maximum atomic E-state index is 5.64. The van der Waals surface area contributed by atoms with Gasteiger partial charge in [0.25, 0.3) is 17.7 Å². The molecule has 6 aromatic heterocycles. The van der Waals surface area contributed by atoms with Crippen LogP contribution in [-0.2, 0) is 5.41 Å². The molecule has 0 N–H and O–H groups in total. The molecule has 0 aliphatic heterocycles. The van der Waals surface area contributed by atoms with E-state index in [9.17, 15) is 0 Å². The summed E-state index contributed by atoms with van der Waals surface area (Å²) in [5, 5.41) is 20.1. The third-order valence-corrected chi connectivity index (χ3v) is 25.8. The van der Waals surface area contributed by atoms with Crippen LogP contribution in [0.3, 0.4) is 0 Å². The van der Waals surface area contributed by atoms with E-state index in [1.807, 2.05) is 146 Å². The Balaban J connectivity index is 0.000000117. The van der Waals surface area contributed by atoms with Crippen molar-refractivity contribution in [2.24, 2.45) is 0 Å². The van der Waals surface area contributed by atoms with E-state index in [-0.39, 0.29) is 5.41 Å². The summed E-state index contributed by atoms with van der Waals surface area (Å²) in [5.74, 6) is 3.20. The molecule has 0 aliphatic carbocycles. The number of rotatable bonds is 19. The Kier molecular flexibility index (Phi) is 22.8. The number of fused-ring (bicyclic) bond motifs is 9. The summed E-state index contributed by atoms with van der Waals surface area (Å²) in [5.41, 5.74) is 30.5. The number of hydrogen-bond donors (Lipinski definition) is 0. The first-order valence-electron chi connectivity index (χ1n) is 46.9. The summed E-state index contributed by atoms with van der Waals surface area (Å²) >= 11 is 0. The van der Waals surface area contributed by atoms with Crippen LogP contribution < -0.4 is 14.7 Å². The van der Waals surface area contributed by atoms with E-state index in [1.165, 1.54) is 87.7 Å². The minimum absolute atomic E-state index is 0.0780. The van der Waals surface area contributed by atoms with Crippen LogP contribution in [-0.4, -0.2) is 44.1 Å². The van der Waals surface area contributed by atoms with Gasteiger partial charge in [-0.1, -0.05) is 291 Å². The molecule has 6 heterocycles. The van der Waals surface area contributed by atoms with E-state index in [0.717, 1.165) is 102 Å². The molecule has 0 atom stereocenters. The lowest BCUT2D eigenvalue weighted by atomic mass is 9.86. The van der Waals surface area contributed by atoms with E-state index in [2.05, 4.69) is 426 Å². The molecule has 0 fully saturated rings. The highest BCUT2D eigenvalue weighted by Gasteiger charge is 2.25. The molecule has 140 heavy (non-hydrogen) atoms. The van der Waals surface area contributed by atoms with Gasteiger partial charge >= 0.3 is 0 Å². The molecule has 0 bridgehead atoms. The van der Waals surface area contributed by atoms with Crippen molar-refractivity contribution in [3.63, 3.8) is 0 Å². The second kappa shape index (κ2) is 37.3. The zero-order valence-electron chi connectivity index (χ0n) is 77.3. The number of para-hydroxylation sites is 6. The first-order valence-corrected chi connectivity index (χ1v) is 46.9. The van der Waals surface area contributed by atoms with Gasteiger partial charge in [-0.3, -0.25) is 0 Å². The molecule has 25 rings (SSSR count). The maximum Gasteiger partial charge on any atom is 0.258 e. The molecule has 0 spiro atoms. The van der Waals surface area contributed by atoms with Crippen molar-refractivity contribution >= 4 is 117 Å². The van der Waals surface area contributed by atoms with Crippen molar-refractivity contribution in [2.75, 3.05) is 14.7 Å². The van der Waals surface area contributed by atoms with E-state index in [1.54, 1.807) is 0 Å². The zero-order chi connectivity index (χ0) is 94.0. The fourth-order valence-corrected chi connectivity index (χ4v) is 18.9. The second-order valence-electron chi connectivity index (χ2n) is 35.7. The van der Waals surface area contributed by atoms with Crippen LogP contribution in [0, 0.1) is 6.92 Å². The molecule has 0 saturated heterocycles. The Bertz CT molecular complexity index is 8660. The van der Waals surface area contributed by atoms with E-state index < -0.39 is 0 Å². The molecule has 0 aliphatic rings. The molecule has 670 valence electrons. The fourth-order valence-electron chi connectivity index (χ4n) is 18.9. The number of aryl methyl sites for hydroxylation is 1. The quantitative estimate of drug-likeness (QED) is 0.0761. The van der Waals surface area contributed by atoms with Crippen LogP contribution in [0.1, 0.15) is 31.9 Å². The van der Waals surface area contributed by atoms with Crippen molar-refractivity contribution in [1.82, 2.24) is 44.1 Å². The van der Waals surface area contributed by atoms with Crippen molar-refractivity contribution in [2.45, 2.75) is 33.1 Å². The largest absolute Gasteiger partial charge is 0.334 e. The van der Waals surface area contributed by atoms with Gasteiger partial charge in [0.2, 0.25) is 17.5 Å². The topological polar surface area (TPSA) is 141 Å². The van der Waals surface area contributed by atoms with Gasteiger partial charge in [0.15, 0.2) is 0 Å². The molecule has 0 radical (unpaired) electrons. The lowest BCUT2D eigenvalue weighted by molar-refractivity contribution is 0.432. The predicted octanol–water partition coefficient (Wildman–Crippen LogP) is 33.2. The van der Waals surface area contributed by atoms with Gasteiger partial charge in [0, 0.05) is 134 Å². The maximum absolute atomic E-state index is 5.64.